The lowest BCUT2D eigenvalue weighted by Gasteiger charge is -2.09. The Balaban J connectivity index is 1.99. The Labute approximate surface area is 159 Å². The summed E-state index contributed by atoms with van der Waals surface area (Å²) >= 11 is 0. The van der Waals surface area contributed by atoms with Crippen molar-refractivity contribution in [3.63, 3.8) is 0 Å². The minimum atomic E-state index is -0.842. The van der Waals surface area contributed by atoms with Crippen LogP contribution in [0.3, 0.4) is 0 Å². The second-order valence-electron chi connectivity index (χ2n) is 6.25. The Morgan fingerprint density at radius 1 is 1.18 bits per heavy atom. The number of hydrogen-bond donors (Lipinski definition) is 1. The molecule has 0 atom stereocenters. The molecule has 0 fully saturated rings. The number of benzene rings is 2. The molecule has 1 N–H and O–H groups in total. The average Bonchev–Trinajstić information content (AvgIpc) is 2.63. The van der Waals surface area contributed by atoms with Gasteiger partial charge in [-0.15, -0.1) is 0 Å². The predicted octanol–water partition coefficient (Wildman–Crippen LogP) is 3.97. The van der Waals surface area contributed by atoms with Gasteiger partial charge in [0.05, 0.1) is 11.5 Å². The van der Waals surface area contributed by atoms with E-state index in [9.17, 15) is 19.7 Å². The lowest BCUT2D eigenvalue weighted by atomic mass is 10.1. The molecular formula is C20H18N2O6. The monoisotopic (exact) mass is 382 g/mol. The van der Waals surface area contributed by atoms with Crippen LogP contribution in [0.25, 0.3) is 11.0 Å². The van der Waals surface area contributed by atoms with Crippen molar-refractivity contribution in [2.24, 2.45) is 0 Å². The number of rotatable bonds is 5. The number of anilines is 1. The fraction of sp³-hybridized carbons (Fsp3) is 0.200. The SMILES string of the molecule is CCOc1ccc2cc(C(=O)Nc3cc(C)c(C)cc3[N+](=O)[O-])c(=O)oc2c1. The van der Waals surface area contributed by atoms with Crippen molar-refractivity contribution < 1.29 is 18.9 Å². The van der Waals surface area contributed by atoms with E-state index in [4.69, 9.17) is 9.15 Å². The normalized spacial score (nSPS) is 10.7. The van der Waals surface area contributed by atoms with Gasteiger partial charge in [0.25, 0.3) is 11.6 Å². The van der Waals surface area contributed by atoms with Gasteiger partial charge in [-0.25, -0.2) is 4.79 Å². The van der Waals surface area contributed by atoms with Crippen LogP contribution in [-0.2, 0) is 0 Å². The van der Waals surface area contributed by atoms with Gasteiger partial charge < -0.3 is 14.5 Å². The molecule has 0 bridgehead atoms. The molecule has 28 heavy (non-hydrogen) atoms. The van der Waals surface area contributed by atoms with Crippen molar-refractivity contribution in [1.29, 1.82) is 0 Å². The zero-order valence-corrected chi connectivity index (χ0v) is 15.6. The van der Waals surface area contributed by atoms with Crippen LogP contribution in [0.1, 0.15) is 28.4 Å². The molecule has 1 heterocycles. The van der Waals surface area contributed by atoms with Crippen LogP contribution in [0.2, 0.25) is 0 Å². The summed E-state index contributed by atoms with van der Waals surface area (Å²) in [5.74, 6) is -0.239. The van der Waals surface area contributed by atoms with Crippen molar-refractivity contribution >= 4 is 28.3 Å². The van der Waals surface area contributed by atoms with E-state index in [1.807, 2.05) is 6.92 Å². The topological polar surface area (TPSA) is 112 Å². The molecule has 0 radical (unpaired) electrons. The first-order valence-corrected chi connectivity index (χ1v) is 8.58. The number of carbonyl (C=O) groups is 1. The van der Waals surface area contributed by atoms with Gasteiger partial charge in [-0.1, -0.05) is 0 Å². The van der Waals surface area contributed by atoms with Crippen molar-refractivity contribution in [2.75, 3.05) is 11.9 Å². The van der Waals surface area contributed by atoms with Gasteiger partial charge in [0, 0.05) is 17.5 Å². The summed E-state index contributed by atoms with van der Waals surface area (Å²) in [5, 5.41) is 14.3. The van der Waals surface area contributed by atoms with E-state index in [0.717, 1.165) is 11.1 Å². The van der Waals surface area contributed by atoms with Crippen molar-refractivity contribution in [1.82, 2.24) is 0 Å². The smallest absolute Gasteiger partial charge is 0.349 e. The van der Waals surface area contributed by atoms with Crippen molar-refractivity contribution in [2.45, 2.75) is 20.8 Å². The zero-order valence-electron chi connectivity index (χ0n) is 15.6. The number of nitro benzene ring substituents is 1. The summed E-state index contributed by atoms with van der Waals surface area (Å²) in [4.78, 5) is 35.6. The Bertz CT molecular complexity index is 1150. The first kappa shape index (κ1) is 19.1. The molecule has 8 nitrogen and oxygen atoms in total. The molecule has 0 unspecified atom stereocenters. The highest BCUT2D eigenvalue weighted by Gasteiger charge is 2.21. The quantitative estimate of drug-likeness (QED) is 0.406. The summed E-state index contributed by atoms with van der Waals surface area (Å²) < 4.78 is 10.6. The van der Waals surface area contributed by atoms with Crippen LogP contribution >= 0.6 is 0 Å². The van der Waals surface area contributed by atoms with Gasteiger partial charge >= 0.3 is 5.63 Å². The molecule has 2 aromatic carbocycles. The van der Waals surface area contributed by atoms with Crippen molar-refractivity contribution in [3.05, 3.63) is 73.6 Å². The molecule has 144 valence electrons. The second kappa shape index (κ2) is 7.51. The third-order valence-electron chi connectivity index (χ3n) is 4.32. The number of nitro groups is 1. The van der Waals surface area contributed by atoms with E-state index in [1.54, 1.807) is 32.0 Å². The number of carbonyl (C=O) groups excluding carboxylic acids is 1. The largest absolute Gasteiger partial charge is 0.494 e. The Kier molecular flexibility index (Phi) is 5.12. The Morgan fingerprint density at radius 2 is 1.89 bits per heavy atom. The van der Waals surface area contributed by atoms with Crippen LogP contribution in [0.15, 0.2) is 45.6 Å². The zero-order chi connectivity index (χ0) is 20.4. The Hall–Kier alpha value is -3.68. The van der Waals surface area contributed by atoms with E-state index in [0.29, 0.717) is 17.7 Å². The molecule has 0 aliphatic rings. The molecule has 0 aliphatic carbocycles. The molecule has 8 heteroatoms. The summed E-state index contributed by atoms with van der Waals surface area (Å²) in [7, 11) is 0. The van der Waals surface area contributed by atoms with Gasteiger partial charge in [-0.2, -0.15) is 0 Å². The summed E-state index contributed by atoms with van der Waals surface area (Å²) in [6, 6.07) is 9.20. The third-order valence-corrected chi connectivity index (χ3v) is 4.32. The number of ether oxygens (including phenoxy) is 1. The fourth-order valence-electron chi connectivity index (χ4n) is 2.75. The number of amides is 1. The van der Waals surface area contributed by atoms with E-state index in [2.05, 4.69) is 5.32 Å². The lowest BCUT2D eigenvalue weighted by Crippen LogP contribution is -2.21. The van der Waals surface area contributed by atoms with Crippen molar-refractivity contribution in [3.8, 4) is 5.75 Å². The van der Waals surface area contributed by atoms with Gasteiger partial charge in [0.1, 0.15) is 22.6 Å². The maximum atomic E-state index is 12.6. The molecule has 1 amide bonds. The van der Waals surface area contributed by atoms with Crippen LogP contribution in [0.4, 0.5) is 11.4 Å². The van der Waals surface area contributed by atoms with E-state index < -0.39 is 16.5 Å². The lowest BCUT2D eigenvalue weighted by molar-refractivity contribution is -0.384. The highest BCUT2D eigenvalue weighted by Crippen LogP contribution is 2.28. The average molecular weight is 382 g/mol. The predicted molar refractivity (Wildman–Crippen MR) is 104 cm³/mol. The molecule has 0 saturated carbocycles. The summed E-state index contributed by atoms with van der Waals surface area (Å²) in [5.41, 5.74) is 0.459. The minimum absolute atomic E-state index is 0.0179. The second-order valence-corrected chi connectivity index (χ2v) is 6.25. The fourth-order valence-corrected chi connectivity index (χ4v) is 2.75. The highest BCUT2D eigenvalue weighted by atomic mass is 16.6. The molecular weight excluding hydrogens is 364 g/mol. The molecule has 3 aromatic rings. The standard InChI is InChI=1S/C20H18N2O6/c1-4-27-14-6-5-13-9-15(20(24)28-18(13)10-14)19(23)21-16-7-11(2)12(3)8-17(16)22(25)26/h5-10H,4H2,1-3H3,(H,21,23). The van der Waals surface area contributed by atoms with Gasteiger partial charge in [0.15, 0.2) is 0 Å². The molecule has 0 aliphatic heterocycles. The van der Waals surface area contributed by atoms with Gasteiger partial charge in [-0.3, -0.25) is 14.9 Å². The number of nitrogens with one attached hydrogen (secondary N) is 1. The molecule has 0 spiro atoms. The summed E-state index contributed by atoms with van der Waals surface area (Å²) in [6.07, 6.45) is 0. The van der Waals surface area contributed by atoms with Crippen LogP contribution in [0, 0.1) is 24.0 Å². The van der Waals surface area contributed by atoms with E-state index >= 15 is 0 Å². The van der Waals surface area contributed by atoms with E-state index in [-0.39, 0.29) is 22.5 Å². The van der Waals surface area contributed by atoms with Crippen LogP contribution < -0.4 is 15.7 Å². The van der Waals surface area contributed by atoms with Crippen LogP contribution in [-0.4, -0.2) is 17.4 Å². The van der Waals surface area contributed by atoms with Crippen LogP contribution in [0.5, 0.6) is 5.75 Å². The van der Waals surface area contributed by atoms with E-state index in [1.165, 1.54) is 18.2 Å². The molecule has 3 rings (SSSR count). The number of fused-ring (bicyclic) bond motifs is 1. The van der Waals surface area contributed by atoms with Gasteiger partial charge in [0.2, 0.25) is 0 Å². The number of nitrogens with zero attached hydrogens (tertiary/aromatic N) is 1. The summed E-state index contributed by atoms with van der Waals surface area (Å²) in [6.45, 7) is 5.81. The third kappa shape index (κ3) is 3.71. The molecule has 0 saturated heterocycles. The highest BCUT2D eigenvalue weighted by molar-refractivity contribution is 6.06. The number of hydrogen-bond acceptors (Lipinski definition) is 6. The molecule has 1 aromatic heterocycles. The maximum absolute atomic E-state index is 12.6. The number of aryl methyl sites for hydroxylation is 2. The first-order valence-electron chi connectivity index (χ1n) is 8.58. The first-order chi connectivity index (χ1) is 13.3. The maximum Gasteiger partial charge on any atom is 0.349 e. The van der Waals surface area contributed by atoms with Gasteiger partial charge in [-0.05, 0) is 56.2 Å². The Morgan fingerprint density at radius 3 is 2.57 bits per heavy atom. The minimum Gasteiger partial charge on any atom is -0.494 e.